The third kappa shape index (κ3) is 6.66. The Kier molecular flexibility index (Phi) is 9.02. The Bertz CT molecular complexity index is 81.1. The molecule has 0 aromatic carbocycles. The molecule has 0 heterocycles. The zero-order chi connectivity index (χ0) is 9.23. The van der Waals surface area contributed by atoms with E-state index in [-0.39, 0.29) is 0 Å². The predicted octanol–water partition coefficient (Wildman–Crippen LogP) is 3.33. The summed E-state index contributed by atoms with van der Waals surface area (Å²) in [5.41, 5.74) is 5.67. The van der Waals surface area contributed by atoms with E-state index in [1.54, 1.807) is 0 Å². The predicted molar refractivity (Wildman–Crippen MR) is 56.2 cm³/mol. The second kappa shape index (κ2) is 9.05. The van der Waals surface area contributed by atoms with Crippen molar-refractivity contribution in [2.24, 2.45) is 11.7 Å². The van der Waals surface area contributed by atoms with Crippen LogP contribution in [0.1, 0.15) is 58.8 Å². The lowest BCUT2D eigenvalue weighted by Gasteiger charge is -2.12. The van der Waals surface area contributed by atoms with Crippen LogP contribution in [-0.4, -0.2) is 6.54 Å². The summed E-state index contributed by atoms with van der Waals surface area (Å²) in [5.74, 6) is 0.798. The Morgan fingerprint density at radius 3 is 2.17 bits per heavy atom. The summed E-state index contributed by atoms with van der Waals surface area (Å²) in [4.78, 5) is 0. The van der Waals surface area contributed by atoms with E-state index < -0.39 is 0 Å². The molecule has 12 heavy (non-hydrogen) atoms. The minimum atomic E-state index is 0.798. The first-order valence-electron chi connectivity index (χ1n) is 5.55. The van der Waals surface area contributed by atoms with Crippen LogP contribution >= 0.6 is 0 Å². The molecule has 0 fully saturated rings. The van der Waals surface area contributed by atoms with Gasteiger partial charge in [-0.05, 0) is 25.3 Å². The molecule has 0 radical (unpaired) electrons. The Hall–Kier alpha value is -0.0400. The molecule has 0 amide bonds. The number of unbranched alkanes of at least 4 members (excludes halogenated alkanes) is 3. The molecule has 0 saturated carbocycles. The van der Waals surface area contributed by atoms with Gasteiger partial charge in [0.25, 0.3) is 0 Å². The van der Waals surface area contributed by atoms with Crippen molar-refractivity contribution in [3.63, 3.8) is 0 Å². The zero-order valence-electron chi connectivity index (χ0n) is 8.81. The summed E-state index contributed by atoms with van der Waals surface area (Å²) in [7, 11) is 0. The largest absolute Gasteiger partial charge is 0.330 e. The summed E-state index contributed by atoms with van der Waals surface area (Å²) in [5, 5.41) is 0. The second-order valence-electron chi connectivity index (χ2n) is 3.74. The quantitative estimate of drug-likeness (QED) is 0.557. The van der Waals surface area contributed by atoms with Crippen molar-refractivity contribution in [3.05, 3.63) is 0 Å². The molecule has 0 spiro atoms. The SMILES string of the molecule is CCCCCCC(CN)CCC. The van der Waals surface area contributed by atoms with Crippen LogP contribution in [0, 0.1) is 5.92 Å². The molecule has 0 aliphatic rings. The number of hydrogen-bond acceptors (Lipinski definition) is 1. The standard InChI is InChI=1S/C11H25N/c1-3-5-6-7-9-11(10-12)8-4-2/h11H,3-10,12H2,1-2H3. The summed E-state index contributed by atoms with van der Waals surface area (Å²) in [6.45, 7) is 5.39. The summed E-state index contributed by atoms with van der Waals surface area (Å²) in [6.07, 6.45) is 9.47. The van der Waals surface area contributed by atoms with E-state index >= 15 is 0 Å². The first-order chi connectivity index (χ1) is 5.85. The van der Waals surface area contributed by atoms with E-state index in [1.165, 1.54) is 44.9 Å². The number of hydrogen-bond donors (Lipinski definition) is 1. The van der Waals surface area contributed by atoms with Crippen LogP contribution in [0.5, 0.6) is 0 Å². The van der Waals surface area contributed by atoms with E-state index in [1.807, 2.05) is 0 Å². The molecule has 0 aromatic heterocycles. The van der Waals surface area contributed by atoms with Gasteiger partial charge in [0.1, 0.15) is 0 Å². The molecule has 1 nitrogen and oxygen atoms in total. The fraction of sp³-hybridized carbons (Fsp3) is 1.00. The highest BCUT2D eigenvalue weighted by molar-refractivity contribution is 4.59. The van der Waals surface area contributed by atoms with Crippen LogP contribution in [0.15, 0.2) is 0 Å². The van der Waals surface area contributed by atoms with E-state index in [0.29, 0.717) is 0 Å². The van der Waals surface area contributed by atoms with Gasteiger partial charge in [0.05, 0.1) is 0 Å². The molecule has 0 aliphatic heterocycles. The van der Waals surface area contributed by atoms with Crippen molar-refractivity contribution in [2.45, 2.75) is 58.8 Å². The molecule has 0 bridgehead atoms. The smallest absolute Gasteiger partial charge is 0.00489 e. The van der Waals surface area contributed by atoms with Gasteiger partial charge in [-0.3, -0.25) is 0 Å². The molecule has 1 heteroatoms. The molecule has 0 rings (SSSR count). The molecule has 1 atom stereocenters. The van der Waals surface area contributed by atoms with Gasteiger partial charge in [-0.25, -0.2) is 0 Å². The van der Waals surface area contributed by atoms with Crippen LogP contribution in [0.4, 0.5) is 0 Å². The van der Waals surface area contributed by atoms with Crippen LogP contribution in [0.3, 0.4) is 0 Å². The van der Waals surface area contributed by atoms with Gasteiger partial charge in [0.2, 0.25) is 0 Å². The highest BCUT2D eigenvalue weighted by Gasteiger charge is 2.03. The lowest BCUT2D eigenvalue weighted by molar-refractivity contribution is 0.430. The highest BCUT2D eigenvalue weighted by atomic mass is 14.5. The van der Waals surface area contributed by atoms with Crippen LogP contribution in [-0.2, 0) is 0 Å². The van der Waals surface area contributed by atoms with Crippen molar-refractivity contribution in [2.75, 3.05) is 6.54 Å². The van der Waals surface area contributed by atoms with Gasteiger partial charge in [-0.2, -0.15) is 0 Å². The van der Waals surface area contributed by atoms with E-state index in [9.17, 15) is 0 Å². The monoisotopic (exact) mass is 171 g/mol. The van der Waals surface area contributed by atoms with Crippen molar-refractivity contribution in [3.8, 4) is 0 Å². The maximum atomic E-state index is 5.67. The molecule has 2 N–H and O–H groups in total. The Morgan fingerprint density at radius 1 is 0.917 bits per heavy atom. The molecule has 0 saturated heterocycles. The fourth-order valence-corrected chi connectivity index (χ4v) is 1.65. The number of nitrogens with two attached hydrogens (primary N) is 1. The van der Waals surface area contributed by atoms with Gasteiger partial charge < -0.3 is 5.73 Å². The Morgan fingerprint density at radius 2 is 1.67 bits per heavy atom. The molecule has 1 unspecified atom stereocenters. The van der Waals surface area contributed by atoms with Crippen molar-refractivity contribution in [1.29, 1.82) is 0 Å². The summed E-state index contributed by atoms with van der Waals surface area (Å²) < 4.78 is 0. The van der Waals surface area contributed by atoms with Gasteiger partial charge in [0.15, 0.2) is 0 Å². The van der Waals surface area contributed by atoms with E-state index in [2.05, 4.69) is 13.8 Å². The normalized spacial score (nSPS) is 13.2. The molecule has 0 aliphatic carbocycles. The number of rotatable bonds is 8. The third-order valence-electron chi connectivity index (χ3n) is 2.50. The Labute approximate surface area is 77.7 Å². The highest BCUT2D eigenvalue weighted by Crippen LogP contribution is 2.14. The van der Waals surface area contributed by atoms with Crippen molar-refractivity contribution in [1.82, 2.24) is 0 Å². The molecular formula is C11H25N. The van der Waals surface area contributed by atoms with Gasteiger partial charge in [-0.15, -0.1) is 0 Å². The molecule has 0 aromatic rings. The second-order valence-corrected chi connectivity index (χ2v) is 3.74. The van der Waals surface area contributed by atoms with Crippen molar-refractivity contribution < 1.29 is 0 Å². The van der Waals surface area contributed by atoms with Gasteiger partial charge in [0, 0.05) is 0 Å². The third-order valence-corrected chi connectivity index (χ3v) is 2.50. The first-order valence-corrected chi connectivity index (χ1v) is 5.55. The average Bonchev–Trinajstić information content (AvgIpc) is 2.10. The molecular weight excluding hydrogens is 146 g/mol. The average molecular weight is 171 g/mol. The lowest BCUT2D eigenvalue weighted by Crippen LogP contribution is -2.13. The van der Waals surface area contributed by atoms with Crippen LogP contribution in [0.25, 0.3) is 0 Å². The Balaban J connectivity index is 3.19. The maximum absolute atomic E-state index is 5.67. The lowest BCUT2D eigenvalue weighted by atomic mass is 9.96. The van der Waals surface area contributed by atoms with E-state index in [4.69, 9.17) is 5.73 Å². The van der Waals surface area contributed by atoms with Gasteiger partial charge >= 0.3 is 0 Å². The molecule has 74 valence electrons. The summed E-state index contributed by atoms with van der Waals surface area (Å²) in [6, 6.07) is 0. The first kappa shape index (κ1) is 12.0. The van der Waals surface area contributed by atoms with Crippen molar-refractivity contribution >= 4 is 0 Å². The van der Waals surface area contributed by atoms with Gasteiger partial charge in [-0.1, -0.05) is 46.0 Å². The fourth-order valence-electron chi connectivity index (χ4n) is 1.65. The minimum Gasteiger partial charge on any atom is -0.330 e. The zero-order valence-corrected chi connectivity index (χ0v) is 8.81. The maximum Gasteiger partial charge on any atom is -0.00489 e. The summed E-state index contributed by atoms with van der Waals surface area (Å²) >= 11 is 0. The van der Waals surface area contributed by atoms with Crippen LogP contribution in [0.2, 0.25) is 0 Å². The minimum absolute atomic E-state index is 0.798. The topological polar surface area (TPSA) is 26.0 Å². The van der Waals surface area contributed by atoms with E-state index in [0.717, 1.165) is 12.5 Å². The van der Waals surface area contributed by atoms with Crippen LogP contribution < -0.4 is 5.73 Å².